The van der Waals surface area contributed by atoms with Crippen molar-refractivity contribution in [3.8, 4) is 0 Å². The molecule has 0 heterocycles. The van der Waals surface area contributed by atoms with Gasteiger partial charge in [-0.1, -0.05) is 20.8 Å². The highest BCUT2D eigenvalue weighted by Crippen LogP contribution is 1.97. The van der Waals surface area contributed by atoms with Gasteiger partial charge < -0.3 is 20.1 Å². The molecule has 0 aliphatic heterocycles. The van der Waals surface area contributed by atoms with Gasteiger partial charge in [0.25, 0.3) is 0 Å². The summed E-state index contributed by atoms with van der Waals surface area (Å²) < 4.78 is 10.7. The van der Waals surface area contributed by atoms with Gasteiger partial charge in [-0.3, -0.25) is 4.79 Å². The van der Waals surface area contributed by atoms with Gasteiger partial charge in [0.1, 0.15) is 0 Å². The van der Waals surface area contributed by atoms with Crippen LogP contribution >= 0.6 is 12.6 Å². The zero-order valence-electron chi connectivity index (χ0n) is 12.3. The largest absolute Gasteiger partial charge is 0.378 e. The fourth-order valence-electron chi connectivity index (χ4n) is 1.34. The highest BCUT2D eigenvalue weighted by Gasteiger charge is 2.03. The van der Waals surface area contributed by atoms with E-state index in [0.717, 1.165) is 6.54 Å². The number of amides is 1. The third-order valence-corrected chi connectivity index (χ3v) is 2.40. The first-order valence-corrected chi connectivity index (χ1v) is 7.37. The van der Waals surface area contributed by atoms with Crippen LogP contribution in [0.2, 0.25) is 0 Å². The Labute approximate surface area is 122 Å². The summed E-state index contributed by atoms with van der Waals surface area (Å²) in [7, 11) is 0. The summed E-state index contributed by atoms with van der Waals surface area (Å²) in [4.78, 5) is 11.3. The Bertz CT molecular complexity index is 226. The lowest BCUT2D eigenvalue weighted by atomic mass is 10.3. The number of nitrogens with one attached hydrogen (secondary N) is 2. The SMILES string of the molecule is CC(S)CC(=O)NCCOCCOCCNC(C)C. The molecule has 0 spiro atoms. The minimum atomic E-state index is 0.0158. The quantitative estimate of drug-likeness (QED) is 0.368. The Kier molecular flexibility index (Phi) is 12.5. The molecule has 0 aromatic heterocycles. The van der Waals surface area contributed by atoms with Gasteiger partial charge in [-0.05, 0) is 0 Å². The summed E-state index contributed by atoms with van der Waals surface area (Å²) in [5.41, 5.74) is 0. The molecule has 0 saturated heterocycles. The van der Waals surface area contributed by atoms with Crippen molar-refractivity contribution in [2.75, 3.05) is 39.5 Å². The molecule has 0 aromatic carbocycles. The first-order chi connectivity index (χ1) is 9.02. The number of hydrogen-bond donors (Lipinski definition) is 3. The van der Waals surface area contributed by atoms with Gasteiger partial charge in [0.15, 0.2) is 0 Å². The molecule has 0 rings (SSSR count). The van der Waals surface area contributed by atoms with Crippen molar-refractivity contribution in [2.45, 2.75) is 38.5 Å². The Hall–Kier alpha value is -0.300. The van der Waals surface area contributed by atoms with Gasteiger partial charge in [0.05, 0.1) is 26.4 Å². The molecule has 1 amide bonds. The Balaban J connectivity index is 3.13. The Morgan fingerprint density at radius 2 is 1.63 bits per heavy atom. The van der Waals surface area contributed by atoms with Crippen LogP contribution in [0.5, 0.6) is 0 Å². The molecule has 0 saturated carbocycles. The van der Waals surface area contributed by atoms with Crippen LogP contribution in [0.15, 0.2) is 0 Å². The monoisotopic (exact) mass is 292 g/mol. The second kappa shape index (κ2) is 12.7. The summed E-state index contributed by atoms with van der Waals surface area (Å²) in [6.07, 6.45) is 0.440. The van der Waals surface area contributed by atoms with Gasteiger partial charge >= 0.3 is 0 Å². The van der Waals surface area contributed by atoms with Crippen LogP contribution < -0.4 is 10.6 Å². The van der Waals surface area contributed by atoms with Crippen molar-refractivity contribution in [3.63, 3.8) is 0 Å². The van der Waals surface area contributed by atoms with Gasteiger partial charge in [-0.25, -0.2) is 0 Å². The number of thiol groups is 1. The lowest BCUT2D eigenvalue weighted by Gasteiger charge is -2.09. The lowest BCUT2D eigenvalue weighted by Crippen LogP contribution is -2.29. The number of rotatable bonds is 12. The smallest absolute Gasteiger partial charge is 0.221 e. The third kappa shape index (κ3) is 15.6. The minimum Gasteiger partial charge on any atom is -0.378 e. The van der Waals surface area contributed by atoms with Crippen LogP contribution in [0.3, 0.4) is 0 Å². The van der Waals surface area contributed by atoms with Crippen LogP contribution in [0.25, 0.3) is 0 Å². The standard InChI is InChI=1S/C13H28N2O3S/c1-11(2)14-4-6-17-8-9-18-7-5-15-13(16)10-12(3)19/h11-12,14,19H,4-10H2,1-3H3,(H,15,16). The molecule has 19 heavy (non-hydrogen) atoms. The molecule has 0 radical (unpaired) electrons. The summed E-state index contributed by atoms with van der Waals surface area (Å²) >= 11 is 4.16. The van der Waals surface area contributed by atoms with Crippen LogP contribution in [0.1, 0.15) is 27.2 Å². The van der Waals surface area contributed by atoms with E-state index in [2.05, 4.69) is 37.1 Å². The average Bonchev–Trinajstić information content (AvgIpc) is 2.30. The third-order valence-electron chi connectivity index (χ3n) is 2.22. The normalized spacial score (nSPS) is 12.7. The molecular weight excluding hydrogens is 264 g/mol. The van der Waals surface area contributed by atoms with E-state index >= 15 is 0 Å². The van der Waals surface area contributed by atoms with E-state index in [0.29, 0.717) is 45.4 Å². The first-order valence-electron chi connectivity index (χ1n) is 6.86. The fourth-order valence-corrected chi connectivity index (χ4v) is 1.51. The van der Waals surface area contributed by atoms with Crippen LogP contribution in [0, 0.1) is 0 Å². The summed E-state index contributed by atoms with van der Waals surface area (Å²) in [5.74, 6) is 0.0158. The molecule has 0 aliphatic carbocycles. The molecular formula is C13H28N2O3S. The molecule has 1 unspecified atom stereocenters. The minimum absolute atomic E-state index is 0.0158. The second-order valence-corrected chi connectivity index (χ2v) is 5.62. The van der Waals surface area contributed by atoms with E-state index in [4.69, 9.17) is 9.47 Å². The molecule has 6 heteroatoms. The lowest BCUT2D eigenvalue weighted by molar-refractivity contribution is -0.121. The molecule has 0 aromatic rings. The van der Waals surface area contributed by atoms with Crippen LogP contribution in [-0.2, 0) is 14.3 Å². The fraction of sp³-hybridized carbons (Fsp3) is 0.923. The van der Waals surface area contributed by atoms with Gasteiger partial charge in [-0.15, -0.1) is 0 Å². The Morgan fingerprint density at radius 3 is 2.16 bits per heavy atom. The van der Waals surface area contributed by atoms with Crippen molar-refractivity contribution in [1.29, 1.82) is 0 Å². The first kappa shape index (κ1) is 18.7. The topological polar surface area (TPSA) is 59.6 Å². The highest BCUT2D eigenvalue weighted by atomic mass is 32.1. The summed E-state index contributed by atoms with van der Waals surface area (Å²) in [6, 6.07) is 0.489. The van der Waals surface area contributed by atoms with Crippen molar-refractivity contribution in [1.82, 2.24) is 10.6 Å². The molecule has 0 bridgehead atoms. The highest BCUT2D eigenvalue weighted by molar-refractivity contribution is 7.80. The van der Waals surface area contributed by atoms with Crippen molar-refractivity contribution < 1.29 is 14.3 Å². The number of hydrogen-bond acceptors (Lipinski definition) is 5. The summed E-state index contributed by atoms with van der Waals surface area (Å²) in [6.45, 7) is 9.84. The maximum atomic E-state index is 11.3. The van der Waals surface area contributed by atoms with E-state index < -0.39 is 0 Å². The molecule has 5 nitrogen and oxygen atoms in total. The average molecular weight is 292 g/mol. The number of carbonyl (C=O) groups is 1. The number of carbonyl (C=O) groups excluding carboxylic acids is 1. The van der Waals surface area contributed by atoms with E-state index in [1.165, 1.54) is 0 Å². The van der Waals surface area contributed by atoms with Gasteiger partial charge in [-0.2, -0.15) is 12.6 Å². The molecule has 0 aliphatic rings. The van der Waals surface area contributed by atoms with E-state index in [1.54, 1.807) is 0 Å². The van der Waals surface area contributed by atoms with Crippen LogP contribution in [-0.4, -0.2) is 56.7 Å². The van der Waals surface area contributed by atoms with E-state index in [-0.39, 0.29) is 11.2 Å². The Morgan fingerprint density at radius 1 is 1.05 bits per heavy atom. The zero-order chi connectivity index (χ0) is 14.5. The number of ether oxygens (including phenoxy) is 2. The molecule has 2 N–H and O–H groups in total. The molecule has 0 fully saturated rings. The predicted octanol–water partition coefficient (Wildman–Crippen LogP) is 0.842. The second-order valence-electron chi connectivity index (χ2n) is 4.74. The van der Waals surface area contributed by atoms with Crippen molar-refractivity contribution in [3.05, 3.63) is 0 Å². The molecule has 1 atom stereocenters. The van der Waals surface area contributed by atoms with Crippen molar-refractivity contribution >= 4 is 18.5 Å². The maximum absolute atomic E-state index is 11.3. The zero-order valence-corrected chi connectivity index (χ0v) is 13.2. The maximum Gasteiger partial charge on any atom is 0.221 e. The van der Waals surface area contributed by atoms with Crippen LogP contribution in [0.4, 0.5) is 0 Å². The van der Waals surface area contributed by atoms with Gasteiger partial charge in [0.2, 0.25) is 5.91 Å². The van der Waals surface area contributed by atoms with E-state index in [1.807, 2.05) is 6.92 Å². The molecule has 114 valence electrons. The van der Waals surface area contributed by atoms with Crippen molar-refractivity contribution in [2.24, 2.45) is 0 Å². The summed E-state index contributed by atoms with van der Waals surface area (Å²) in [5, 5.41) is 6.13. The van der Waals surface area contributed by atoms with Gasteiger partial charge in [0, 0.05) is 30.8 Å². The van der Waals surface area contributed by atoms with E-state index in [9.17, 15) is 4.79 Å². The predicted molar refractivity (Wildman–Crippen MR) is 80.9 cm³/mol.